The van der Waals surface area contributed by atoms with Gasteiger partial charge in [0.15, 0.2) is 11.1 Å². The van der Waals surface area contributed by atoms with Gasteiger partial charge in [-0.3, -0.25) is 14.5 Å². The molecule has 1 saturated carbocycles. The molecule has 1 N–H and O–H groups in total. The Morgan fingerprint density at radius 3 is 2.31 bits per heavy atom. The van der Waals surface area contributed by atoms with Gasteiger partial charge in [0.25, 0.3) is 0 Å². The Balaban J connectivity index is 1.64. The predicted molar refractivity (Wildman–Crippen MR) is 119 cm³/mol. The number of amides is 1. The molecule has 3 aromatic carbocycles. The lowest BCUT2D eigenvalue weighted by Gasteiger charge is -2.41. The van der Waals surface area contributed by atoms with Gasteiger partial charge >= 0.3 is 5.97 Å². The fraction of sp³-hybridized carbons (Fsp3) is 0.231. The molecule has 0 aromatic heterocycles. The fourth-order valence-corrected chi connectivity index (χ4v) is 6.19. The largest absolute Gasteiger partial charge is 0.425 e. The van der Waals surface area contributed by atoms with E-state index in [-0.39, 0.29) is 0 Å². The number of aryl methyl sites for hydroxylation is 1. The van der Waals surface area contributed by atoms with Gasteiger partial charge in [-0.25, -0.2) is 0 Å². The SMILES string of the molecule is Cc1ccc(N2C(=O)C34C(=O)Oc5ccccc5C3C4(C)C2(O)c2ccc(Cl)cc2)cc1. The number of hydrogen-bond donors (Lipinski definition) is 1. The Morgan fingerprint density at radius 1 is 0.969 bits per heavy atom. The monoisotopic (exact) mass is 445 g/mol. The Labute approximate surface area is 190 Å². The normalized spacial score (nSPS) is 32.1. The molecule has 2 fully saturated rings. The Morgan fingerprint density at radius 2 is 1.62 bits per heavy atom. The third-order valence-corrected chi connectivity index (χ3v) is 7.88. The summed E-state index contributed by atoms with van der Waals surface area (Å²) in [7, 11) is 0. The minimum Gasteiger partial charge on any atom is -0.425 e. The second kappa shape index (κ2) is 6.00. The van der Waals surface area contributed by atoms with E-state index < -0.39 is 34.3 Å². The maximum atomic E-state index is 14.1. The summed E-state index contributed by atoms with van der Waals surface area (Å²) in [6, 6.07) is 21.3. The lowest BCUT2D eigenvalue weighted by molar-refractivity contribution is -0.147. The van der Waals surface area contributed by atoms with Gasteiger partial charge in [-0.05, 0) is 37.3 Å². The summed E-state index contributed by atoms with van der Waals surface area (Å²) in [5.74, 6) is -1.12. The minimum atomic E-state index is -1.79. The molecule has 4 unspecified atom stereocenters. The predicted octanol–water partition coefficient (Wildman–Crippen LogP) is 4.55. The van der Waals surface area contributed by atoms with E-state index in [2.05, 4.69) is 0 Å². The van der Waals surface area contributed by atoms with Crippen LogP contribution in [0.15, 0.2) is 72.8 Å². The molecule has 1 spiro atoms. The molecule has 1 aliphatic carbocycles. The van der Waals surface area contributed by atoms with Crippen molar-refractivity contribution < 1.29 is 19.4 Å². The van der Waals surface area contributed by atoms with Crippen molar-refractivity contribution in [2.75, 3.05) is 4.90 Å². The van der Waals surface area contributed by atoms with Gasteiger partial charge in [0, 0.05) is 27.8 Å². The molecule has 1 amide bonds. The number of piperidine rings is 1. The van der Waals surface area contributed by atoms with Crippen LogP contribution >= 0.6 is 11.6 Å². The van der Waals surface area contributed by atoms with E-state index in [1.165, 1.54) is 4.90 Å². The van der Waals surface area contributed by atoms with E-state index >= 15 is 0 Å². The molecule has 0 bridgehead atoms. The van der Waals surface area contributed by atoms with Crippen LogP contribution in [0.3, 0.4) is 0 Å². The van der Waals surface area contributed by atoms with Crippen LogP contribution in [0.4, 0.5) is 5.69 Å². The Hall–Kier alpha value is -3.15. The summed E-state index contributed by atoms with van der Waals surface area (Å²) in [4.78, 5) is 28.9. The zero-order chi connectivity index (χ0) is 22.5. The quantitative estimate of drug-likeness (QED) is 0.357. The standard InChI is InChI=1S/C26H20ClNO4/c1-15-7-13-18(14-8-15)28-22(29)25-21(19-5-3-4-6-20(19)32-23(25)30)24(25,2)26(28,31)16-9-11-17(27)12-10-16/h3-14,21,31H,1-2H3. The summed E-state index contributed by atoms with van der Waals surface area (Å²) >= 11 is 6.12. The average Bonchev–Trinajstić information content (AvgIpc) is 3.34. The first kappa shape index (κ1) is 19.5. The smallest absolute Gasteiger partial charge is 0.328 e. The number of benzene rings is 3. The third kappa shape index (κ3) is 1.95. The zero-order valence-corrected chi connectivity index (χ0v) is 18.3. The summed E-state index contributed by atoms with van der Waals surface area (Å²) in [6.07, 6.45) is 0. The van der Waals surface area contributed by atoms with Gasteiger partial charge in [0.1, 0.15) is 5.75 Å². The molecular weight excluding hydrogens is 426 g/mol. The summed E-state index contributed by atoms with van der Waals surface area (Å²) in [5, 5.41) is 13.0. The maximum absolute atomic E-state index is 14.1. The molecule has 6 rings (SSSR count). The highest BCUT2D eigenvalue weighted by Crippen LogP contribution is 2.87. The topological polar surface area (TPSA) is 66.8 Å². The molecule has 4 atom stereocenters. The number of esters is 1. The Kier molecular flexibility index (Phi) is 3.66. The van der Waals surface area contributed by atoms with Crippen molar-refractivity contribution in [3.05, 3.63) is 94.5 Å². The van der Waals surface area contributed by atoms with Crippen LogP contribution in [0.1, 0.15) is 29.5 Å². The average molecular weight is 446 g/mol. The second-order valence-electron chi connectivity index (χ2n) is 9.03. The fourth-order valence-electron chi connectivity index (χ4n) is 6.06. The van der Waals surface area contributed by atoms with Crippen LogP contribution in [0.5, 0.6) is 5.75 Å². The van der Waals surface area contributed by atoms with Gasteiger partial charge in [-0.1, -0.05) is 66.6 Å². The van der Waals surface area contributed by atoms with Crippen molar-refractivity contribution in [2.24, 2.45) is 10.8 Å². The molecule has 1 saturated heterocycles. The van der Waals surface area contributed by atoms with E-state index in [4.69, 9.17) is 16.3 Å². The van der Waals surface area contributed by atoms with Crippen LogP contribution in [-0.2, 0) is 15.3 Å². The van der Waals surface area contributed by atoms with Gasteiger partial charge in [-0.15, -0.1) is 0 Å². The number of anilines is 1. The van der Waals surface area contributed by atoms with E-state index in [0.29, 0.717) is 22.0 Å². The molecule has 3 aromatic rings. The van der Waals surface area contributed by atoms with Gasteiger partial charge in [0.05, 0.1) is 5.41 Å². The highest BCUT2D eigenvalue weighted by molar-refractivity contribution is 6.30. The lowest BCUT2D eigenvalue weighted by Crippen LogP contribution is -2.51. The number of hydrogen-bond acceptors (Lipinski definition) is 4. The number of nitrogens with zero attached hydrogens (tertiary/aromatic N) is 1. The first-order valence-corrected chi connectivity index (χ1v) is 10.9. The van der Waals surface area contributed by atoms with Crippen molar-refractivity contribution in [3.8, 4) is 5.75 Å². The molecule has 32 heavy (non-hydrogen) atoms. The summed E-state index contributed by atoms with van der Waals surface area (Å²) in [6.45, 7) is 3.76. The van der Waals surface area contributed by atoms with E-state index in [9.17, 15) is 14.7 Å². The number of para-hydroxylation sites is 1. The van der Waals surface area contributed by atoms with E-state index in [0.717, 1.165) is 11.1 Å². The number of carbonyl (C=O) groups is 2. The lowest BCUT2D eigenvalue weighted by atomic mass is 9.82. The molecule has 3 aliphatic rings. The molecule has 0 radical (unpaired) electrons. The number of ether oxygens (including phenoxy) is 1. The number of rotatable bonds is 2. The second-order valence-corrected chi connectivity index (χ2v) is 9.46. The third-order valence-electron chi connectivity index (χ3n) is 7.63. The highest BCUT2D eigenvalue weighted by Gasteiger charge is 2.97. The van der Waals surface area contributed by atoms with Crippen LogP contribution in [0.25, 0.3) is 0 Å². The number of fused-ring (bicyclic) bond motifs is 3. The van der Waals surface area contributed by atoms with Gasteiger partial charge < -0.3 is 9.84 Å². The number of carbonyl (C=O) groups excluding carboxylic acids is 2. The molecule has 6 heteroatoms. The number of aliphatic hydroxyl groups is 1. The van der Waals surface area contributed by atoms with Crippen LogP contribution < -0.4 is 9.64 Å². The zero-order valence-electron chi connectivity index (χ0n) is 17.5. The van der Waals surface area contributed by atoms with Crippen LogP contribution in [0.2, 0.25) is 5.02 Å². The molecule has 160 valence electrons. The maximum Gasteiger partial charge on any atom is 0.328 e. The van der Waals surface area contributed by atoms with Crippen molar-refractivity contribution in [3.63, 3.8) is 0 Å². The van der Waals surface area contributed by atoms with Crippen molar-refractivity contribution in [1.29, 1.82) is 0 Å². The van der Waals surface area contributed by atoms with E-state index in [1.807, 2.05) is 38.1 Å². The molecule has 2 heterocycles. The summed E-state index contributed by atoms with van der Waals surface area (Å²) < 4.78 is 5.66. The molecule has 5 nitrogen and oxygen atoms in total. The number of halogens is 1. The van der Waals surface area contributed by atoms with Crippen LogP contribution in [0, 0.1) is 17.8 Å². The van der Waals surface area contributed by atoms with E-state index in [1.54, 1.807) is 48.5 Å². The first-order chi connectivity index (χ1) is 15.3. The Bertz CT molecular complexity index is 1300. The first-order valence-electron chi connectivity index (χ1n) is 10.5. The van der Waals surface area contributed by atoms with Crippen molar-refractivity contribution >= 4 is 29.2 Å². The minimum absolute atomic E-state index is 0.442. The van der Waals surface area contributed by atoms with Crippen molar-refractivity contribution in [2.45, 2.75) is 25.5 Å². The van der Waals surface area contributed by atoms with Crippen molar-refractivity contribution in [1.82, 2.24) is 0 Å². The van der Waals surface area contributed by atoms with Gasteiger partial charge in [0.2, 0.25) is 5.91 Å². The highest BCUT2D eigenvalue weighted by atomic mass is 35.5. The molecular formula is C26H20ClNO4. The van der Waals surface area contributed by atoms with Gasteiger partial charge in [-0.2, -0.15) is 0 Å². The summed E-state index contributed by atoms with van der Waals surface area (Å²) in [5.41, 5.74) is -1.63. The van der Waals surface area contributed by atoms with Crippen LogP contribution in [-0.4, -0.2) is 17.0 Å². The molecule has 2 aliphatic heterocycles.